The van der Waals surface area contributed by atoms with Crippen LogP contribution in [0.15, 0.2) is 0 Å². The lowest BCUT2D eigenvalue weighted by atomic mass is 10.1. The summed E-state index contributed by atoms with van der Waals surface area (Å²) in [6.07, 6.45) is 5.49. The Morgan fingerprint density at radius 3 is 2.52 bits per heavy atom. The quantitative estimate of drug-likeness (QED) is 0.810. The van der Waals surface area contributed by atoms with Crippen LogP contribution in [0.2, 0.25) is 0 Å². The molecule has 2 heterocycles. The number of carbonyl (C=O) groups excluding carboxylic acids is 1. The molecule has 2 aliphatic rings. The maximum atomic E-state index is 12.4. The lowest BCUT2D eigenvalue weighted by Gasteiger charge is -2.38. The van der Waals surface area contributed by atoms with Gasteiger partial charge in [0.05, 0.1) is 13.2 Å². The molecule has 2 rings (SSSR count). The van der Waals surface area contributed by atoms with Gasteiger partial charge >= 0.3 is 0 Å². The molecule has 5 nitrogen and oxygen atoms in total. The van der Waals surface area contributed by atoms with Crippen LogP contribution in [0, 0.1) is 0 Å². The highest BCUT2D eigenvalue weighted by molar-refractivity contribution is 5.76. The predicted molar refractivity (Wildman–Crippen MR) is 93.6 cm³/mol. The first-order valence-electron chi connectivity index (χ1n) is 9.42. The van der Waals surface area contributed by atoms with Crippen LogP contribution >= 0.6 is 0 Å². The number of hydrogen-bond donors (Lipinski definition) is 1. The van der Waals surface area contributed by atoms with Crippen LogP contribution < -0.4 is 5.32 Å². The van der Waals surface area contributed by atoms with Gasteiger partial charge in [0, 0.05) is 50.7 Å². The Morgan fingerprint density at radius 1 is 1.17 bits per heavy atom. The number of nitrogens with zero attached hydrogens (tertiary/aromatic N) is 2. The summed E-state index contributed by atoms with van der Waals surface area (Å²) in [6, 6.07) is 1.20. The van der Waals surface area contributed by atoms with E-state index in [0.717, 1.165) is 39.4 Å². The molecule has 0 aromatic heterocycles. The SMILES string of the molecule is C[C@H](CC(=O)N1CCCCCC1)NC[C@H](C)N1CCOC[C@H]1C. The van der Waals surface area contributed by atoms with Gasteiger partial charge in [0.2, 0.25) is 5.91 Å². The van der Waals surface area contributed by atoms with Crippen molar-refractivity contribution in [1.29, 1.82) is 0 Å². The van der Waals surface area contributed by atoms with Crippen LogP contribution in [-0.4, -0.2) is 73.2 Å². The molecule has 0 aliphatic carbocycles. The Balaban J connectivity index is 1.69. The lowest BCUT2D eigenvalue weighted by molar-refractivity contribution is -0.131. The lowest BCUT2D eigenvalue weighted by Crippen LogP contribution is -2.52. The standard InChI is InChI=1S/C18H35N3O2/c1-15(12-18(22)20-8-6-4-5-7-9-20)19-13-16(2)21-10-11-23-14-17(21)3/h15-17,19H,4-14H2,1-3H3/t15-,16+,17-/m1/s1. The molecule has 0 aromatic rings. The molecule has 0 spiro atoms. The van der Waals surface area contributed by atoms with Crippen molar-refractivity contribution in [2.24, 2.45) is 0 Å². The maximum Gasteiger partial charge on any atom is 0.224 e. The van der Waals surface area contributed by atoms with E-state index < -0.39 is 0 Å². The van der Waals surface area contributed by atoms with Crippen molar-refractivity contribution in [3.05, 3.63) is 0 Å². The first-order chi connectivity index (χ1) is 11.1. The van der Waals surface area contributed by atoms with Crippen molar-refractivity contribution in [2.45, 2.75) is 71.0 Å². The van der Waals surface area contributed by atoms with E-state index in [1.165, 1.54) is 25.7 Å². The van der Waals surface area contributed by atoms with Crippen molar-refractivity contribution in [3.8, 4) is 0 Å². The summed E-state index contributed by atoms with van der Waals surface area (Å²) >= 11 is 0. The van der Waals surface area contributed by atoms with E-state index in [4.69, 9.17) is 4.74 Å². The van der Waals surface area contributed by atoms with Crippen molar-refractivity contribution >= 4 is 5.91 Å². The van der Waals surface area contributed by atoms with Crippen molar-refractivity contribution in [3.63, 3.8) is 0 Å². The molecule has 2 aliphatic heterocycles. The van der Waals surface area contributed by atoms with E-state index in [9.17, 15) is 4.79 Å². The van der Waals surface area contributed by atoms with Gasteiger partial charge in [0.15, 0.2) is 0 Å². The van der Waals surface area contributed by atoms with Gasteiger partial charge in [-0.2, -0.15) is 0 Å². The molecule has 23 heavy (non-hydrogen) atoms. The van der Waals surface area contributed by atoms with Gasteiger partial charge < -0.3 is 15.0 Å². The average molecular weight is 325 g/mol. The minimum atomic E-state index is 0.240. The smallest absolute Gasteiger partial charge is 0.224 e. The Bertz CT molecular complexity index is 356. The monoisotopic (exact) mass is 325 g/mol. The zero-order chi connectivity index (χ0) is 16.7. The van der Waals surface area contributed by atoms with Crippen LogP contribution in [-0.2, 0) is 9.53 Å². The molecule has 0 bridgehead atoms. The van der Waals surface area contributed by atoms with Gasteiger partial charge in [-0.1, -0.05) is 12.8 Å². The summed E-state index contributed by atoms with van der Waals surface area (Å²) in [4.78, 5) is 17.0. The first-order valence-corrected chi connectivity index (χ1v) is 9.42. The molecule has 0 radical (unpaired) electrons. The van der Waals surface area contributed by atoms with Gasteiger partial charge in [0.1, 0.15) is 0 Å². The van der Waals surface area contributed by atoms with E-state index in [0.29, 0.717) is 24.4 Å². The molecule has 3 atom stereocenters. The zero-order valence-corrected chi connectivity index (χ0v) is 15.2. The molecular weight excluding hydrogens is 290 g/mol. The number of carbonyl (C=O) groups is 1. The second kappa shape index (κ2) is 9.60. The summed E-state index contributed by atoms with van der Waals surface area (Å²) in [6.45, 7) is 12.1. The second-order valence-electron chi connectivity index (χ2n) is 7.32. The molecule has 0 saturated carbocycles. The van der Waals surface area contributed by atoms with Gasteiger partial charge in [-0.05, 0) is 33.6 Å². The summed E-state index contributed by atoms with van der Waals surface area (Å²) in [5.74, 6) is 0.319. The van der Waals surface area contributed by atoms with E-state index >= 15 is 0 Å². The third-order valence-electron chi connectivity index (χ3n) is 5.19. The van der Waals surface area contributed by atoms with Crippen LogP contribution in [0.4, 0.5) is 0 Å². The van der Waals surface area contributed by atoms with Gasteiger partial charge in [-0.15, -0.1) is 0 Å². The van der Waals surface area contributed by atoms with E-state index in [1.807, 2.05) is 0 Å². The predicted octanol–water partition coefficient (Wildman–Crippen LogP) is 1.87. The third kappa shape index (κ3) is 6.05. The average Bonchev–Trinajstić information content (AvgIpc) is 2.82. The molecule has 2 fully saturated rings. The minimum Gasteiger partial charge on any atom is -0.379 e. The molecule has 134 valence electrons. The summed E-state index contributed by atoms with van der Waals surface area (Å²) in [5, 5.41) is 3.56. The highest BCUT2D eigenvalue weighted by atomic mass is 16.5. The fraction of sp³-hybridized carbons (Fsp3) is 0.944. The maximum absolute atomic E-state index is 12.4. The minimum absolute atomic E-state index is 0.240. The summed E-state index contributed by atoms with van der Waals surface area (Å²) in [5.41, 5.74) is 0. The van der Waals surface area contributed by atoms with Gasteiger partial charge in [0.25, 0.3) is 0 Å². The number of morpholine rings is 1. The molecular formula is C18H35N3O2. The number of likely N-dealkylation sites (tertiary alicyclic amines) is 1. The molecule has 0 unspecified atom stereocenters. The van der Waals surface area contributed by atoms with Crippen LogP contribution in [0.3, 0.4) is 0 Å². The number of nitrogens with one attached hydrogen (secondary N) is 1. The highest BCUT2D eigenvalue weighted by Gasteiger charge is 2.24. The molecule has 0 aromatic carbocycles. The van der Waals surface area contributed by atoms with E-state index in [1.54, 1.807) is 0 Å². The van der Waals surface area contributed by atoms with Crippen LogP contribution in [0.25, 0.3) is 0 Å². The Hall–Kier alpha value is -0.650. The fourth-order valence-corrected chi connectivity index (χ4v) is 3.67. The van der Waals surface area contributed by atoms with E-state index in [2.05, 4.69) is 35.9 Å². The Kier molecular flexibility index (Phi) is 7.80. The number of rotatable bonds is 6. The van der Waals surface area contributed by atoms with Crippen molar-refractivity contribution < 1.29 is 9.53 Å². The van der Waals surface area contributed by atoms with Gasteiger partial charge in [-0.25, -0.2) is 0 Å². The highest BCUT2D eigenvalue weighted by Crippen LogP contribution is 2.12. The van der Waals surface area contributed by atoms with Crippen LogP contribution in [0.5, 0.6) is 0 Å². The fourth-order valence-electron chi connectivity index (χ4n) is 3.67. The summed E-state index contributed by atoms with van der Waals surface area (Å²) in [7, 11) is 0. The summed E-state index contributed by atoms with van der Waals surface area (Å²) < 4.78 is 5.51. The number of ether oxygens (including phenoxy) is 1. The second-order valence-corrected chi connectivity index (χ2v) is 7.32. The van der Waals surface area contributed by atoms with Gasteiger partial charge in [-0.3, -0.25) is 9.69 Å². The first kappa shape index (κ1) is 18.7. The van der Waals surface area contributed by atoms with E-state index in [-0.39, 0.29) is 6.04 Å². The third-order valence-corrected chi connectivity index (χ3v) is 5.19. The molecule has 5 heteroatoms. The zero-order valence-electron chi connectivity index (χ0n) is 15.2. The van der Waals surface area contributed by atoms with Crippen molar-refractivity contribution in [2.75, 3.05) is 39.4 Å². The Morgan fingerprint density at radius 2 is 1.87 bits per heavy atom. The topological polar surface area (TPSA) is 44.8 Å². The molecule has 1 amide bonds. The molecule has 1 N–H and O–H groups in total. The number of hydrogen-bond acceptors (Lipinski definition) is 4. The van der Waals surface area contributed by atoms with Crippen molar-refractivity contribution in [1.82, 2.24) is 15.1 Å². The number of amides is 1. The van der Waals surface area contributed by atoms with Crippen LogP contribution in [0.1, 0.15) is 52.9 Å². The normalized spacial score (nSPS) is 26.6. The molecule has 2 saturated heterocycles. The largest absolute Gasteiger partial charge is 0.379 e. The Labute approximate surface area is 141 Å².